The zero-order valence-electron chi connectivity index (χ0n) is 11.6. The van der Waals surface area contributed by atoms with Gasteiger partial charge in [0.15, 0.2) is 5.82 Å². The molecule has 0 spiro atoms. The molecule has 0 aliphatic carbocycles. The van der Waals surface area contributed by atoms with Gasteiger partial charge in [-0.3, -0.25) is 0 Å². The lowest BCUT2D eigenvalue weighted by atomic mass is 10.0. The number of urea groups is 1. The standard InChI is InChI=1S/C16H14ClFN2O2/c17-11-5-3-6-13(15(11)18)20-16(21)19-12-8-9-22-14-7-2-1-4-10(12)14/h1-7,12H,8-9H2,(H2,19,20,21). The van der Waals surface area contributed by atoms with Gasteiger partial charge in [-0.15, -0.1) is 0 Å². The van der Waals surface area contributed by atoms with Crippen molar-refractivity contribution in [2.75, 3.05) is 11.9 Å². The molecule has 0 fully saturated rings. The Hall–Kier alpha value is -2.27. The van der Waals surface area contributed by atoms with Crippen molar-refractivity contribution < 1.29 is 13.9 Å². The Kier molecular flexibility index (Phi) is 4.15. The van der Waals surface area contributed by atoms with Crippen LogP contribution in [-0.4, -0.2) is 12.6 Å². The largest absolute Gasteiger partial charge is 0.493 e. The van der Waals surface area contributed by atoms with Crippen LogP contribution in [0.4, 0.5) is 14.9 Å². The van der Waals surface area contributed by atoms with Gasteiger partial charge in [-0.1, -0.05) is 35.9 Å². The molecular weight excluding hydrogens is 307 g/mol. The maximum absolute atomic E-state index is 13.8. The zero-order chi connectivity index (χ0) is 15.5. The zero-order valence-corrected chi connectivity index (χ0v) is 12.4. The molecule has 1 aliphatic heterocycles. The number of amides is 2. The number of benzene rings is 2. The maximum atomic E-state index is 13.8. The van der Waals surface area contributed by atoms with E-state index in [0.29, 0.717) is 13.0 Å². The minimum atomic E-state index is -0.647. The highest BCUT2D eigenvalue weighted by Gasteiger charge is 2.23. The highest BCUT2D eigenvalue weighted by atomic mass is 35.5. The summed E-state index contributed by atoms with van der Waals surface area (Å²) in [6.07, 6.45) is 0.655. The number of anilines is 1. The highest BCUT2D eigenvalue weighted by Crippen LogP contribution is 2.31. The van der Waals surface area contributed by atoms with E-state index in [4.69, 9.17) is 16.3 Å². The van der Waals surface area contributed by atoms with E-state index >= 15 is 0 Å². The van der Waals surface area contributed by atoms with Gasteiger partial charge in [0.05, 0.1) is 23.4 Å². The molecule has 1 aliphatic rings. The predicted molar refractivity (Wildman–Crippen MR) is 82.9 cm³/mol. The molecule has 22 heavy (non-hydrogen) atoms. The van der Waals surface area contributed by atoms with E-state index in [1.165, 1.54) is 12.1 Å². The lowest BCUT2D eigenvalue weighted by Gasteiger charge is -2.26. The Balaban J connectivity index is 1.72. The average Bonchev–Trinajstić information content (AvgIpc) is 2.52. The molecule has 2 aromatic carbocycles. The highest BCUT2D eigenvalue weighted by molar-refractivity contribution is 6.31. The van der Waals surface area contributed by atoms with Gasteiger partial charge >= 0.3 is 6.03 Å². The number of ether oxygens (including phenoxy) is 1. The topological polar surface area (TPSA) is 50.4 Å². The second-order valence-electron chi connectivity index (χ2n) is 4.93. The maximum Gasteiger partial charge on any atom is 0.319 e. The number of hydrogen-bond donors (Lipinski definition) is 2. The molecule has 2 N–H and O–H groups in total. The predicted octanol–water partition coefficient (Wildman–Crippen LogP) is 4.12. The number of para-hydroxylation sites is 1. The van der Waals surface area contributed by atoms with Gasteiger partial charge in [0.1, 0.15) is 5.75 Å². The van der Waals surface area contributed by atoms with Crippen molar-refractivity contribution in [3.8, 4) is 5.75 Å². The smallest absolute Gasteiger partial charge is 0.319 e. The van der Waals surface area contributed by atoms with Crippen molar-refractivity contribution in [1.29, 1.82) is 0 Å². The van der Waals surface area contributed by atoms with Gasteiger partial charge in [-0.05, 0) is 18.2 Å². The van der Waals surface area contributed by atoms with Crippen LogP contribution in [0.3, 0.4) is 0 Å². The molecule has 2 aromatic rings. The first-order valence-electron chi connectivity index (χ1n) is 6.88. The number of rotatable bonds is 2. The Bertz CT molecular complexity index is 708. The summed E-state index contributed by atoms with van der Waals surface area (Å²) >= 11 is 5.69. The first-order chi connectivity index (χ1) is 10.6. The first-order valence-corrected chi connectivity index (χ1v) is 7.26. The summed E-state index contributed by atoms with van der Waals surface area (Å²) in [6, 6.07) is 11.3. The number of hydrogen-bond acceptors (Lipinski definition) is 2. The fourth-order valence-corrected chi connectivity index (χ4v) is 2.58. The molecule has 0 bridgehead atoms. The van der Waals surface area contributed by atoms with Crippen LogP contribution in [0.2, 0.25) is 5.02 Å². The molecule has 3 rings (SSSR count). The van der Waals surface area contributed by atoms with Crippen LogP contribution in [0.5, 0.6) is 5.75 Å². The number of fused-ring (bicyclic) bond motifs is 1. The summed E-state index contributed by atoms with van der Waals surface area (Å²) in [5.41, 5.74) is 0.959. The average molecular weight is 321 g/mol. The van der Waals surface area contributed by atoms with Crippen LogP contribution in [0.1, 0.15) is 18.0 Å². The van der Waals surface area contributed by atoms with E-state index in [1.54, 1.807) is 6.07 Å². The van der Waals surface area contributed by atoms with Crippen LogP contribution >= 0.6 is 11.6 Å². The van der Waals surface area contributed by atoms with Crippen molar-refractivity contribution in [2.24, 2.45) is 0 Å². The van der Waals surface area contributed by atoms with Gasteiger partial charge in [0, 0.05) is 12.0 Å². The summed E-state index contributed by atoms with van der Waals surface area (Å²) in [5.74, 6) is 0.111. The molecule has 0 saturated heterocycles. The summed E-state index contributed by atoms with van der Waals surface area (Å²) < 4.78 is 19.3. The molecule has 1 heterocycles. The molecule has 0 saturated carbocycles. The molecule has 0 radical (unpaired) electrons. The summed E-state index contributed by atoms with van der Waals surface area (Å²) in [4.78, 5) is 12.1. The van der Waals surface area contributed by atoms with Crippen molar-refractivity contribution in [2.45, 2.75) is 12.5 Å². The van der Waals surface area contributed by atoms with Crippen molar-refractivity contribution in [1.82, 2.24) is 5.32 Å². The third-order valence-electron chi connectivity index (χ3n) is 3.46. The Labute approximate surface area is 132 Å². The Morgan fingerprint density at radius 2 is 2.05 bits per heavy atom. The lowest BCUT2D eigenvalue weighted by molar-refractivity contribution is 0.232. The van der Waals surface area contributed by atoms with E-state index in [-0.39, 0.29) is 16.8 Å². The quantitative estimate of drug-likeness (QED) is 0.874. The monoisotopic (exact) mass is 320 g/mol. The van der Waals surface area contributed by atoms with E-state index in [0.717, 1.165) is 11.3 Å². The van der Waals surface area contributed by atoms with E-state index in [1.807, 2.05) is 24.3 Å². The van der Waals surface area contributed by atoms with Crippen molar-refractivity contribution in [3.05, 3.63) is 58.9 Å². The van der Waals surface area contributed by atoms with Gasteiger partial charge in [0.2, 0.25) is 0 Å². The number of carbonyl (C=O) groups is 1. The Morgan fingerprint density at radius 3 is 2.91 bits per heavy atom. The molecular formula is C16H14ClFN2O2. The van der Waals surface area contributed by atoms with Gasteiger partial charge < -0.3 is 15.4 Å². The molecule has 6 heteroatoms. The van der Waals surface area contributed by atoms with E-state index in [9.17, 15) is 9.18 Å². The SMILES string of the molecule is O=C(Nc1cccc(Cl)c1F)NC1CCOc2ccccc21. The summed E-state index contributed by atoms with van der Waals surface area (Å²) in [5, 5.41) is 5.28. The van der Waals surface area contributed by atoms with Crippen LogP contribution < -0.4 is 15.4 Å². The Morgan fingerprint density at radius 1 is 1.23 bits per heavy atom. The lowest BCUT2D eigenvalue weighted by Crippen LogP contribution is -2.35. The second-order valence-corrected chi connectivity index (χ2v) is 5.33. The molecule has 4 nitrogen and oxygen atoms in total. The molecule has 114 valence electrons. The number of carbonyl (C=O) groups excluding carboxylic acids is 1. The van der Waals surface area contributed by atoms with Crippen molar-refractivity contribution >= 4 is 23.3 Å². The van der Waals surface area contributed by atoms with Crippen LogP contribution in [-0.2, 0) is 0 Å². The van der Waals surface area contributed by atoms with Crippen LogP contribution in [0.15, 0.2) is 42.5 Å². The molecule has 1 unspecified atom stereocenters. The molecule has 2 amide bonds. The fraction of sp³-hybridized carbons (Fsp3) is 0.188. The summed E-state index contributed by atoms with van der Waals surface area (Å²) in [7, 11) is 0. The minimum Gasteiger partial charge on any atom is -0.493 e. The van der Waals surface area contributed by atoms with E-state index < -0.39 is 11.8 Å². The van der Waals surface area contributed by atoms with Crippen LogP contribution in [0.25, 0.3) is 0 Å². The normalized spacial score (nSPS) is 16.4. The second kappa shape index (κ2) is 6.23. The fourth-order valence-electron chi connectivity index (χ4n) is 2.41. The van der Waals surface area contributed by atoms with Gasteiger partial charge in [0.25, 0.3) is 0 Å². The van der Waals surface area contributed by atoms with Crippen molar-refractivity contribution in [3.63, 3.8) is 0 Å². The van der Waals surface area contributed by atoms with E-state index in [2.05, 4.69) is 10.6 Å². The number of halogens is 2. The molecule has 1 atom stereocenters. The van der Waals surface area contributed by atoms with Crippen LogP contribution in [0, 0.1) is 5.82 Å². The number of nitrogens with one attached hydrogen (secondary N) is 2. The summed E-state index contributed by atoms with van der Waals surface area (Å²) in [6.45, 7) is 0.521. The first kappa shape index (κ1) is 14.7. The third-order valence-corrected chi connectivity index (χ3v) is 3.76. The minimum absolute atomic E-state index is 0.0331. The molecule has 0 aromatic heterocycles. The third kappa shape index (κ3) is 2.99. The van der Waals surface area contributed by atoms with Gasteiger partial charge in [-0.25, -0.2) is 9.18 Å². The van der Waals surface area contributed by atoms with Gasteiger partial charge in [-0.2, -0.15) is 0 Å².